The highest BCUT2D eigenvalue weighted by atomic mass is 16.5. The van der Waals surface area contributed by atoms with Gasteiger partial charge in [0, 0.05) is 19.2 Å². The number of ether oxygens (including phenoxy) is 2. The number of carbonyl (C=O) groups excluding carboxylic acids is 1. The largest absolute Gasteiger partial charge is 0.497 e. The number of hydrogen-bond acceptors (Lipinski definition) is 6. The summed E-state index contributed by atoms with van der Waals surface area (Å²) in [6.45, 7) is 1.81. The Kier molecular flexibility index (Phi) is 6.18. The van der Waals surface area contributed by atoms with Crippen LogP contribution in [0.1, 0.15) is 30.5 Å². The Morgan fingerprint density at radius 1 is 1.36 bits per heavy atom. The predicted octanol–water partition coefficient (Wildman–Crippen LogP) is 0.926. The fourth-order valence-corrected chi connectivity index (χ4v) is 2.40. The monoisotopic (exact) mass is 349 g/mol. The summed E-state index contributed by atoms with van der Waals surface area (Å²) in [5, 5.41) is 23.4. The summed E-state index contributed by atoms with van der Waals surface area (Å²) in [5.74, 6) is 1.74. The zero-order valence-corrected chi connectivity index (χ0v) is 14.7. The quantitative estimate of drug-likeness (QED) is 0.686. The maximum atomic E-state index is 12.0. The third-order valence-corrected chi connectivity index (χ3v) is 3.73. The van der Waals surface area contributed by atoms with Crippen molar-refractivity contribution in [2.45, 2.75) is 19.1 Å². The molecule has 25 heavy (non-hydrogen) atoms. The van der Waals surface area contributed by atoms with Crippen molar-refractivity contribution in [3.63, 3.8) is 0 Å². The Labute approximate surface area is 146 Å². The van der Waals surface area contributed by atoms with Crippen LogP contribution in [0.15, 0.2) is 24.5 Å². The summed E-state index contributed by atoms with van der Waals surface area (Å²) in [5.41, 5.74) is 0.531. The van der Waals surface area contributed by atoms with E-state index in [4.69, 9.17) is 9.47 Å². The second kappa shape index (κ2) is 8.34. The number of rotatable bonds is 7. The van der Waals surface area contributed by atoms with Gasteiger partial charge >= 0.3 is 6.03 Å². The second-order valence-corrected chi connectivity index (χ2v) is 5.50. The van der Waals surface area contributed by atoms with Crippen molar-refractivity contribution in [1.29, 1.82) is 0 Å². The average Bonchev–Trinajstić information content (AvgIpc) is 3.05. The number of benzene rings is 1. The average molecular weight is 349 g/mol. The van der Waals surface area contributed by atoms with Crippen LogP contribution in [-0.2, 0) is 7.05 Å². The zero-order valence-electron chi connectivity index (χ0n) is 14.7. The first kappa shape index (κ1) is 18.5. The Balaban J connectivity index is 1.94. The van der Waals surface area contributed by atoms with E-state index in [9.17, 15) is 9.90 Å². The van der Waals surface area contributed by atoms with E-state index < -0.39 is 12.1 Å². The predicted molar refractivity (Wildman–Crippen MR) is 90.5 cm³/mol. The molecule has 0 aliphatic carbocycles. The lowest BCUT2D eigenvalue weighted by Gasteiger charge is -2.18. The maximum Gasteiger partial charge on any atom is 0.315 e. The van der Waals surface area contributed by atoms with E-state index in [1.165, 1.54) is 14.2 Å². The molecular weight excluding hydrogens is 326 g/mol. The van der Waals surface area contributed by atoms with Crippen LogP contribution in [0.2, 0.25) is 0 Å². The summed E-state index contributed by atoms with van der Waals surface area (Å²) in [4.78, 5) is 12.0. The molecule has 2 aromatic rings. The number of methoxy groups -OCH3 is 2. The van der Waals surface area contributed by atoms with E-state index >= 15 is 0 Å². The van der Waals surface area contributed by atoms with E-state index in [0.717, 1.165) is 0 Å². The standard InChI is InChI=1S/C16H23N5O4/c1-10(15-20-18-9-21(15)2)19-16(23)17-8-13(22)12-7-11(24-3)5-6-14(12)25-4/h5-7,9-10,13,22H,8H2,1-4H3,(H2,17,19,23)/t10-,13-/m1/s1. The maximum absolute atomic E-state index is 12.0. The van der Waals surface area contributed by atoms with Gasteiger partial charge in [-0.15, -0.1) is 10.2 Å². The molecule has 2 amide bonds. The van der Waals surface area contributed by atoms with Gasteiger partial charge in [0.15, 0.2) is 5.82 Å². The second-order valence-electron chi connectivity index (χ2n) is 5.50. The molecule has 0 radical (unpaired) electrons. The van der Waals surface area contributed by atoms with Gasteiger partial charge in [-0.05, 0) is 25.1 Å². The van der Waals surface area contributed by atoms with Gasteiger partial charge in [-0.3, -0.25) is 0 Å². The number of amides is 2. The molecule has 0 aliphatic heterocycles. The molecule has 0 saturated carbocycles. The van der Waals surface area contributed by atoms with Gasteiger partial charge in [0.1, 0.15) is 23.9 Å². The van der Waals surface area contributed by atoms with Gasteiger partial charge in [-0.1, -0.05) is 0 Å². The molecule has 9 heteroatoms. The third kappa shape index (κ3) is 4.60. The first-order valence-corrected chi connectivity index (χ1v) is 7.74. The number of nitrogens with zero attached hydrogens (tertiary/aromatic N) is 3. The lowest BCUT2D eigenvalue weighted by molar-refractivity contribution is 0.168. The minimum atomic E-state index is -0.944. The lowest BCUT2D eigenvalue weighted by Crippen LogP contribution is -2.39. The summed E-state index contributed by atoms with van der Waals surface area (Å²) in [7, 11) is 4.85. The van der Waals surface area contributed by atoms with E-state index in [1.807, 2.05) is 0 Å². The summed E-state index contributed by atoms with van der Waals surface area (Å²) < 4.78 is 12.1. The molecule has 0 bridgehead atoms. The van der Waals surface area contributed by atoms with E-state index in [-0.39, 0.29) is 12.6 Å². The van der Waals surface area contributed by atoms with Gasteiger partial charge in [0.25, 0.3) is 0 Å². The fraction of sp³-hybridized carbons (Fsp3) is 0.438. The molecule has 136 valence electrons. The van der Waals surface area contributed by atoms with Crippen molar-refractivity contribution in [3.8, 4) is 11.5 Å². The topological polar surface area (TPSA) is 111 Å². The number of urea groups is 1. The normalized spacial score (nSPS) is 13.0. The Hall–Kier alpha value is -2.81. The Morgan fingerprint density at radius 3 is 2.72 bits per heavy atom. The van der Waals surface area contributed by atoms with Gasteiger partial charge < -0.3 is 29.8 Å². The van der Waals surface area contributed by atoms with Crippen LogP contribution in [0, 0.1) is 0 Å². The first-order valence-electron chi connectivity index (χ1n) is 7.74. The van der Waals surface area contributed by atoms with Crippen LogP contribution in [0.25, 0.3) is 0 Å². The molecule has 1 aromatic heterocycles. The molecule has 0 spiro atoms. The molecular formula is C16H23N5O4. The highest BCUT2D eigenvalue weighted by molar-refractivity contribution is 5.74. The van der Waals surface area contributed by atoms with Gasteiger partial charge in [-0.2, -0.15) is 0 Å². The number of carbonyl (C=O) groups is 1. The first-order chi connectivity index (χ1) is 12.0. The van der Waals surface area contributed by atoms with E-state index in [2.05, 4.69) is 20.8 Å². The lowest BCUT2D eigenvalue weighted by atomic mass is 10.1. The number of hydrogen-bond donors (Lipinski definition) is 3. The van der Waals surface area contributed by atoms with Crippen LogP contribution in [-0.4, -0.2) is 46.7 Å². The summed E-state index contributed by atoms with van der Waals surface area (Å²) >= 11 is 0. The molecule has 0 saturated heterocycles. The van der Waals surface area contributed by atoms with E-state index in [0.29, 0.717) is 22.9 Å². The van der Waals surface area contributed by atoms with Crippen molar-refractivity contribution < 1.29 is 19.4 Å². The highest BCUT2D eigenvalue weighted by Crippen LogP contribution is 2.29. The molecule has 3 N–H and O–H groups in total. The Morgan fingerprint density at radius 2 is 2.12 bits per heavy atom. The van der Waals surface area contributed by atoms with Crippen LogP contribution in [0.4, 0.5) is 4.79 Å². The van der Waals surface area contributed by atoms with Gasteiger partial charge in [0.05, 0.1) is 20.3 Å². The number of aliphatic hydroxyl groups is 1. The Bertz CT molecular complexity index is 718. The number of nitrogens with one attached hydrogen (secondary N) is 2. The van der Waals surface area contributed by atoms with Crippen molar-refractivity contribution in [2.75, 3.05) is 20.8 Å². The van der Waals surface area contributed by atoms with Gasteiger partial charge in [0.2, 0.25) is 0 Å². The molecule has 1 heterocycles. The van der Waals surface area contributed by atoms with Crippen molar-refractivity contribution >= 4 is 6.03 Å². The molecule has 1 aromatic carbocycles. The SMILES string of the molecule is COc1ccc(OC)c([C@H](O)CNC(=O)N[C@H](C)c2nncn2C)c1. The van der Waals surface area contributed by atoms with Crippen molar-refractivity contribution in [3.05, 3.63) is 35.9 Å². The van der Waals surface area contributed by atoms with E-state index in [1.54, 1.807) is 43.1 Å². The van der Waals surface area contributed by atoms with Crippen molar-refractivity contribution in [1.82, 2.24) is 25.4 Å². The minimum absolute atomic E-state index is 0.0148. The molecule has 2 atom stereocenters. The van der Waals surface area contributed by atoms with Crippen LogP contribution >= 0.6 is 0 Å². The number of aliphatic hydroxyl groups excluding tert-OH is 1. The highest BCUT2D eigenvalue weighted by Gasteiger charge is 2.18. The van der Waals surface area contributed by atoms with Crippen LogP contribution in [0.5, 0.6) is 11.5 Å². The molecule has 0 fully saturated rings. The fourth-order valence-electron chi connectivity index (χ4n) is 2.40. The van der Waals surface area contributed by atoms with Crippen LogP contribution < -0.4 is 20.1 Å². The zero-order chi connectivity index (χ0) is 18.4. The number of aromatic nitrogens is 3. The van der Waals surface area contributed by atoms with Gasteiger partial charge in [-0.25, -0.2) is 4.79 Å². The molecule has 0 aliphatic rings. The third-order valence-electron chi connectivity index (χ3n) is 3.73. The molecule has 2 rings (SSSR count). The molecule has 9 nitrogen and oxygen atoms in total. The smallest absolute Gasteiger partial charge is 0.315 e. The van der Waals surface area contributed by atoms with Crippen LogP contribution in [0.3, 0.4) is 0 Å². The number of aryl methyl sites for hydroxylation is 1. The molecule has 0 unspecified atom stereocenters. The minimum Gasteiger partial charge on any atom is -0.497 e. The summed E-state index contributed by atoms with van der Waals surface area (Å²) in [6.07, 6.45) is 0.616. The van der Waals surface area contributed by atoms with Crippen molar-refractivity contribution in [2.24, 2.45) is 7.05 Å². The summed E-state index contributed by atoms with van der Waals surface area (Å²) in [6, 6.07) is 4.36.